The number of benzene rings is 2. The summed E-state index contributed by atoms with van der Waals surface area (Å²) in [5.41, 5.74) is 1.73. The molecule has 3 rings (SSSR count). The molecule has 0 fully saturated rings. The highest BCUT2D eigenvalue weighted by molar-refractivity contribution is 7.89. The Bertz CT molecular complexity index is 1080. The molecule has 6 nitrogen and oxygen atoms in total. The highest BCUT2D eigenvalue weighted by Gasteiger charge is 2.27. The van der Waals surface area contributed by atoms with Crippen LogP contribution in [-0.4, -0.2) is 31.9 Å². The molecule has 1 heterocycles. The molecule has 2 aromatic carbocycles. The number of nitrogens with one attached hydrogen (secondary N) is 2. The van der Waals surface area contributed by atoms with E-state index in [-0.39, 0.29) is 6.42 Å². The van der Waals surface area contributed by atoms with Crippen molar-refractivity contribution in [2.75, 3.05) is 6.54 Å². The number of pyridine rings is 1. The fourth-order valence-electron chi connectivity index (χ4n) is 2.95. The Morgan fingerprint density at radius 2 is 1.67 bits per heavy atom. The van der Waals surface area contributed by atoms with E-state index in [2.05, 4.69) is 15.0 Å². The molecule has 1 aromatic heterocycles. The Morgan fingerprint density at radius 3 is 2.37 bits per heavy atom. The number of aromatic nitrogens is 1. The van der Waals surface area contributed by atoms with Crippen molar-refractivity contribution >= 4 is 15.9 Å². The maximum atomic E-state index is 14.0. The minimum absolute atomic E-state index is 0.132. The van der Waals surface area contributed by atoms with E-state index in [0.717, 1.165) is 23.3 Å². The van der Waals surface area contributed by atoms with E-state index in [4.69, 9.17) is 0 Å². The largest absolute Gasteiger partial charge is 0.354 e. The lowest BCUT2D eigenvalue weighted by atomic mass is 10.1. The summed E-state index contributed by atoms with van der Waals surface area (Å²) in [6.45, 7) is 0.317. The Balaban J connectivity index is 1.74. The molecule has 1 atom stereocenters. The van der Waals surface area contributed by atoms with Crippen molar-refractivity contribution in [1.29, 1.82) is 0 Å². The minimum atomic E-state index is -4.23. The molecule has 0 aliphatic heterocycles. The lowest BCUT2D eigenvalue weighted by molar-refractivity contribution is -0.122. The smallest absolute Gasteiger partial charge is 0.244 e. The number of carbonyl (C=O) groups excluding carboxylic acids is 1. The zero-order valence-corrected chi connectivity index (χ0v) is 17.0. The maximum absolute atomic E-state index is 14.0. The van der Waals surface area contributed by atoms with Gasteiger partial charge in [0.25, 0.3) is 0 Å². The van der Waals surface area contributed by atoms with Crippen molar-refractivity contribution in [2.45, 2.75) is 23.8 Å². The van der Waals surface area contributed by atoms with E-state index >= 15 is 0 Å². The van der Waals surface area contributed by atoms with Crippen molar-refractivity contribution in [3.63, 3.8) is 0 Å². The summed E-state index contributed by atoms with van der Waals surface area (Å²) in [5, 5.41) is 2.75. The molecule has 0 bridgehead atoms. The molecule has 0 aliphatic carbocycles. The van der Waals surface area contributed by atoms with Gasteiger partial charge in [-0.2, -0.15) is 4.72 Å². The van der Waals surface area contributed by atoms with Crippen LogP contribution in [0, 0.1) is 5.82 Å². The molecular formula is C22H22FN3O3S. The third kappa shape index (κ3) is 5.95. The Labute approximate surface area is 175 Å². The van der Waals surface area contributed by atoms with Crippen LogP contribution in [0.4, 0.5) is 4.39 Å². The standard InChI is InChI=1S/C22H22FN3O3S/c23-19-10-4-5-11-21(19)30(28,29)26-20(15-17-7-2-1-3-8-17)22(27)25-14-12-18-9-6-13-24-16-18/h1-11,13,16,20,26H,12,14-15H2,(H,25,27). The number of hydrogen-bond acceptors (Lipinski definition) is 4. The second-order valence-corrected chi connectivity index (χ2v) is 8.38. The number of halogens is 1. The number of carbonyl (C=O) groups is 1. The molecular weight excluding hydrogens is 405 g/mol. The van der Waals surface area contributed by atoms with E-state index in [1.807, 2.05) is 12.1 Å². The molecule has 0 spiro atoms. The van der Waals surface area contributed by atoms with Gasteiger partial charge >= 0.3 is 0 Å². The summed E-state index contributed by atoms with van der Waals surface area (Å²) in [4.78, 5) is 16.3. The predicted octanol–water partition coefficient (Wildman–Crippen LogP) is 2.47. The van der Waals surface area contributed by atoms with E-state index < -0.39 is 32.7 Å². The predicted molar refractivity (Wildman–Crippen MR) is 112 cm³/mol. The summed E-state index contributed by atoms with van der Waals surface area (Å²) in [5.74, 6) is -1.36. The van der Waals surface area contributed by atoms with Crippen LogP contribution in [0.1, 0.15) is 11.1 Å². The van der Waals surface area contributed by atoms with Crippen molar-refractivity contribution in [2.24, 2.45) is 0 Å². The van der Waals surface area contributed by atoms with Gasteiger partial charge in [0.2, 0.25) is 15.9 Å². The summed E-state index contributed by atoms with van der Waals surface area (Å²) >= 11 is 0. The monoisotopic (exact) mass is 427 g/mol. The number of hydrogen-bond donors (Lipinski definition) is 2. The Morgan fingerprint density at radius 1 is 0.967 bits per heavy atom. The first-order chi connectivity index (χ1) is 14.5. The maximum Gasteiger partial charge on any atom is 0.244 e. The molecule has 1 amide bonds. The third-order valence-corrected chi connectivity index (χ3v) is 5.96. The molecule has 0 saturated carbocycles. The van der Waals surface area contributed by atoms with Gasteiger partial charge in [-0.1, -0.05) is 48.5 Å². The van der Waals surface area contributed by atoms with Crippen molar-refractivity contribution in [1.82, 2.24) is 15.0 Å². The van der Waals surface area contributed by atoms with Crippen LogP contribution in [0.3, 0.4) is 0 Å². The van der Waals surface area contributed by atoms with Gasteiger partial charge in [0.1, 0.15) is 16.8 Å². The Hall–Kier alpha value is -3.10. The average Bonchev–Trinajstić information content (AvgIpc) is 2.75. The molecule has 0 saturated heterocycles. The number of amides is 1. The Kier molecular flexibility index (Phi) is 7.26. The number of nitrogens with zero attached hydrogens (tertiary/aromatic N) is 1. The SMILES string of the molecule is O=C(NCCc1cccnc1)C(Cc1ccccc1)NS(=O)(=O)c1ccccc1F. The van der Waals surface area contributed by atoms with E-state index in [1.54, 1.807) is 42.7 Å². The summed E-state index contributed by atoms with van der Waals surface area (Å²) in [6.07, 6.45) is 4.05. The first-order valence-electron chi connectivity index (χ1n) is 9.43. The van der Waals surface area contributed by atoms with Crippen LogP contribution in [-0.2, 0) is 27.7 Å². The van der Waals surface area contributed by atoms with Gasteiger partial charge in [0.15, 0.2) is 0 Å². The molecule has 2 N–H and O–H groups in total. The molecule has 156 valence electrons. The quantitative estimate of drug-likeness (QED) is 0.549. The number of rotatable bonds is 9. The van der Waals surface area contributed by atoms with Crippen LogP contribution in [0.2, 0.25) is 0 Å². The highest BCUT2D eigenvalue weighted by atomic mass is 32.2. The molecule has 0 aliphatic rings. The minimum Gasteiger partial charge on any atom is -0.354 e. The van der Waals surface area contributed by atoms with Gasteiger partial charge in [-0.15, -0.1) is 0 Å². The van der Waals surface area contributed by atoms with E-state index in [1.165, 1.54) is 12.1 Å². The van der Waals surface area contributed by atoms with Gasteiger partial charge in [0.05, 0.1) is 0 Å². The first-order valence-corrected chi connectivity index (χ1v) is 10.9. The third-order valence-electron chi connectivity index (χ3n) is 4.46. The molecule has 3 aromatic rings. The van der Waals surface area contributed by atoms with Crippen molar-refractivity contribution < 1.29 is 17.6 Å². The average molecular weight is 428 g/mol. The van der Waals surface area contributed by atoms with Crippen molar-refractivity contribution in [3.8, 4) is 0 Å². The molecule has 8 heteroatoms. The van der Waals surface area contributed by atoms with Gasteiger partial charge < -0.3 is 5.32 Å². The summed E-state index contributed by atoms with van der Waals surface area (Å²) in [7, 11) is -4.23. The highest BCUT2D eigenvalue weighted by Crippen LogP contribution is 2.15. The van der Waals surface area contributed by atoms with Gasteiger partial charge in [-0.3, -0.25) is 9.78 Å². The topological polar surface area (TPSA) is 88.2 Å². The van der Waals surface area contributed by atoms with E-state index in [9.17, 15) is 17.6 Å². The second-order valence-electron chi connectivity index (χ2n) is 6.70. The number of sulfonamides is 1. The molecule has 30 heavy (non-hydrogen) atoms. The van der Waals surface area contributed by atoms with Gasteiger partial charge in [-0.05, 0) is 42.2 Å². The zero-order chi connectivity index (χ0) is 21.4. The fraction of sp³-hybridized carbons (Fsp3) is 0.182. The summed E-state index contributed by atoms with van der Waals surface area (Å²) < 4.78 is 41.8. The molecule has 0 radical (unpaired) electrons. The van der Waals surface area contributed by atoms with Crippen LogP contribution >= 0.6 is 0 Å². The van der Waals surface area contributed by atoms with E-state index in [0.29, 0.717) is 13.0 Å². The van der Waals surface area contributed by atoms with Crippen LogP contribution in [0.15, 0.2) is 84.0 Å². The normalized spacial score (nSPS) is 12.3. The first kappa shape index (κ1) is 21.6. The van der Waals surface area contributed by atoms with Gasteiger partial charge in [-0.25, -0.2) is 12.8 Å². The van der Waals surface area contributed by atoms with Crippen LogP contribution in [0.25, 0.3) is 0 Å². The second kappa shape index (κ2) is 10.1. The lowest BCUT2D eigenvalue weighted by Crippen LogP contribution is -2.48. The fourth-order valence-corrected chi connectivity index (χ4v) is 4.22. The molecule has 1 unspecified atom stereocenters. The van der Waals surface area contributed by atoms with Crippen molar-refractivity contribution in [3.05, 3.63) is 96.1 Å². The van der Waals surface area contributed by atoms with Crippen LogP contribution < -0.4 is 10.0 Å². The zero-order valence-electron chi connectivity index (χ0n) is 16.2. The lowest BCUT2D eigenvalue weighted by Gasteiger charge is -2.19. The summed E-state index contributed by atoms with van der Waals surface area (Å²) in [6, 6.07) is 16.7. The van der Waals surface area contributed by atoms with Gasteiger partial charge in [0, 0.05) is 18.9 Å². The van der Waals surface area contributed by atoms with Crippen LogP contribution in [0.5, 0.6) is 0 Å².